The molecule has 7 heteroatoms. The van der Waals surface area contributed by atoms with Crippen LogP contribution in [0.5, 0.6) is 5.75 Å². The maximum Gasteiger partial charge on any atom is 0.265 e. The van der Waals surface area contributed by atoms with Crippen LogP contribution in [-0.4, -0.2) is 50.7 Å². The van der Waals surface area contributed by atoms with E-state index < -0.39 is 16.1 Å². The normalized spacial score (nSPS) is 24.8. The molecule has 6 nitrogen and oxygen atoms in total. The highest BCUT2D eigenvalue weighted by molar-refractivity contribution is 7.92. The zero-order valence-electron chi connectivity index (χ0n) is 13.4. The molecule has 3 rings (SSSR count). The molecule has 0 aliphatic carbocycles. The van der Waals surface area contributed by atoms with Crippen LogP contribution in [0.1, 0.15) is 26.2 Å². The number of nitrogens with zero attached hydrogens (tertiary/aromatic N) is 2. The number of ether oxygens (including phenoxy) is 1. The largest absolute Gasteiger partial charge is 0.476 e. The average molecular weight is 338 g/mol. The van der Waals surface area contributed by atoms with Gasteiger partial charge in [-0.25, -0.2) is 8.42 Å². The Morgan fingerprint density at radius 3 is 2.70 bits per heavy atom. The molecule has 0 radical (unpaired) electrons. The molecule has 1 fully saturated rings. The standard InChI is InChI=1S/C16H22N2O4S/c1-12-7-5-6-10-17(12)16(19)15-11-18(23(2,20)21)13-8-3-4-9-14(13)22-15/h3-4,8-9,12,15H,5-7,10-11H2,1-2H3/t12-,15-/m0/s1. The lowest BCUT2D eigenvalue weighted by molar-refractivity contribution is -0.141. The minimum Gasteiger partial charge on any atom is -0.476 e. The summed E-state index contributed by atoms with van der Waals surface area (Å²) < 4.78 is 31.3. The Morgan fingerprint density at radius 1 is 1.26 bits per heavy atom. The van der Waals surface area contributed by atoms with E-state index in [1.165, 1.54) is 4.31 Å². The van der Waals surface area contributed by atoms with Crippen molar-refractivity contribution in [2.24, 2.45) is 0 Å². The number of hydrogen-bond acceptors (Lipinski definition) is 4. The second kappa shape index (κ2) is 6.03. The fourth-order valence-electron chi connectivity index (χ4n) is 3.26. The van der Waals surface area contributed by atoms with Gasteiger partial charge in [-0.2, -0.15) is 0 Å². The van der Waals surface area contributed by atoms with Crippen molar-refractivity contribution in [3.8, 4) is 5.75 Å². The van der Waals surface area contributed by atoms with E-state index in [1.807, 2.05) is 11.8 Å². The monoisotopic (exact) mass is 338 g/mol. The van der Waals surface area contributed by atoms with E-state index in [1.54, 1.807) is 24.3 Å². The number of para-hydroxylation sites is 2. The second-order valence-corrected chi connectivity index (χ2v) is 8.15. The molecule has 2 aliphatic heterocycles. The summed E-state index contributed by atoms with van der Waals surface area (Å²) in [6.45, 7) is 2.76. The van der Waals surface area contributed by atoms with Crippen molar-refractivity contribution in [2.75, 3.05) is 23.7 Å². The zero-order chi connectivity index (χ0) is 16.6. The van der Waals surface area contributed by atoms with Gasteiger partial charge in [0, 0.05) is 12.6 Å². The predicted molar refractivity (Wildman–Crippen MR) is 88.1 cm³/mol. The third-order valence-electron chi connectivity index (χ3n) is 4.50. The van der Waals surface area contributed by atoms with Gasteiger partial charge in [0.1, 0.15) is 5.75 Å². The fraction of sp³-hybridized carbons (Fsp3) is 0.562. The van der Waals surface area contributed by atoms with Crippen LogP contribution in [0.3, 0.4) is 0 Å². The lowest BCUT2D eigenvalue weighted by Crippen LogP contribution is -2.54. The Kier molecular flexibility index (Phi) is 4.23. The Labute approximate surface area is 137 Å². The topological polar surface area (TPSA) is 66.9 Å². The van der Waals surface area contributed by atoms with Crippen molar-refractivity contribution < 1.29 is 17.9 Å². The minimum atomic E-state index is -3.47. The lowest BCUT2D eigenvalue weighted by Gasteiger charge is -2.39. The number of piperidine rings is 1. The summed E-state index contributed by atoms with van der Waals surface area (Å²) >= 11 is 0. The SMILES string of the molecule is C[C@H]1CCCCN1C(=O)[C@@H]1CN(S(C)(=O)=O)c2ccccc2O1. The number of anilines is 1. The Hall–Kier alpha value is -1.76. The first-order valence-corrected chi connectivity index (χ1v) is 9.76. The van der Waals surface area contributed by atoms with Crippen LogP contribution in [0.4, 0.5) is 5.69 Å². The van der Waals surface area contributed by atoms with Crippen molar-refractivity contribution in [1.82, 2.24) is 4.90 Å². The number of likely N-dealkylation sites (tertiary alicyclic amines) is 1. The van der Waals surface area contributed by atoms with Crippen LogP contribution < -0.4 is 9.04 Å². The maximum absolute atomic E-state index is 12.8. The van der Waals surface area contributed by atoms with E-state index >= 15 is 0 Å². The van der Waals surface area contributed by atoms with Crippen LogP contribution in [0, 0.1) is 0 Å². The van der Waals surface area contributed by atoms with Gasteiger partial charge in [-0.1, -0.05) is 12.1 Å². The van der Waals surface area contributed by atoms with Crippen LogP contribution in [-0.2, 0) is 14.8 Å². The number of carbonyl (C=O) groups excluding carboxylic acids is 1. The van der Waals surface area contributed by atoms with Gasteiger partial charge in [0.05, 0.1) is 18.5 Å². The first-order chi connectivity index (χ1) is 10.9. The Balaban J connectivity index is 1.89. The molecule has 0 aromatic heterocycles. The van der Waals surface area contributed by atoms with Gasteiger partial charge in [0.15, 0.2) is 6.10 Å². The number of amides is 1. The molecular weight excluding hydrogens is 316 g/mol. The lowest BCUT2D eigenvalue weighted by atomic mass is 10.0. The molecule has 2 heterocycles. The van der Waals surface area contributed by atoms with E-state index in [4.69, 9.17) is 4.74 Å². The van der Waals surface area contributed by atoms with Gasteiger partial charge in [0.25, 0.3) is 5.91 Å². The zero-order valence-corrected chi connectivity index (χ0v) is 14.3. The smallest absolute Gasteiger partial charge is 0.265 e. The van der Waals surface area contributed by atoms with Crippen LogP contribution in [0.2, 0.25) is 0 Å². The van der Waals surface area contributed by atoms with Gasteiger partial charge in [-0.05, 0) is 38.3 Å². The van der Waals surface area contributed by atoms with Crippen molar-refractivity contribution in [3.63, 3.8) is 0 Å². The molecule has 126 valence electrons. The first-order valence-electron chi connectivity index (χ1n) is 7.92. The number of benzene rings is 1. The summed E-state index contributed by atoms with van der Waals surface area (Å²) in [6, 6.07) is 7.10. The third kappa shape index (κ3) is 3.15. The molecule has 0 N–H and O–H groups in total. The number of carbonyl (C=O) groups is 1. The van der Waals surface area contributed by atoms with E-state index in [-0.39, 0.29) is 18.5 Å². The fourth-order valence-corrected chi connectivity index (χ4v) is 4.17. The molecule has 0 saturated carbocycles. The summed E-state index contributed by atoms with van der Waals surface area (Å²) in [7, 11) is -3.47. The van der Waals surface area contributed by atoms with E-state index in [0.717, 1.165) is 25.5 Å². The van der Waals surface area contributed by atoms with Crippen molar-refractivity contribution >= 4 is 21.6 Å². The number of rotatable bonds is 2. The highest BCUT2D eigenvalue weighted by Gasteiger charge is 2.38. The Morgan fingerprint density at radius 2 is 2.00 bits per heavy atom. The second-order valence-electron chi connectivity index (χ2n) is 6.24. The number of hydrogen-bond donors (Lipinski definition) is 0. The van der Waals surface area contributed by atoms with E-state index in [0.29, 0.717) is 18.0 Å². The molecule has 1 aromatic rings. The molecule has 0 unspecified atom stereocenters. The van der Waals surface area contributed by atoms with E-state index in [2.05, 4.69) is 0 Å². The minimum absolute atomic E-state index is 0.0257. The quantitative estimate of drug-likeness (QED) is 0.822. The van der Waals surface area contributed by atoms with Crippen molar-refractivity contribution in [2.45, 2.75) is 38.3 Å². The predicted octanol–water partition coefficient (Wildman–Crippen LogP) is 1.61. The highest BCUT2D eigenvalue weighted by atomic mass is 32.2. The molecule has 2 atom stereocenters. The summed E-state index contributed by atoms with van der Waals surface area (Å²) in [6.07, 6.45) is 3.44. The first kappa shape index (κ1) is 16.1. The van der Waals surface area contributed by atoms with Crippen LogP contribution >= 0.6 is 0 Å². The van der Waals surface area contributed by atoms with Crippen LogP contribution in [0.15, 0.2) is 24.3 Å². The summed E-state index contributed by atoms with van der Waals surface area (Å²) in [5.41, 5.74) is 0.491. The van der Waals surface area contributed by atoms with Gasteiger partial charge in [0.2, 0.25) is 10.0 Å². The number of sulfonamides is 1. The van der Waals surface area contributed by atoms with Crippen molar-refractivity contribution in [1.29, 1.82) is 0 Å². The maximum atomic E-state index is 12.8. The highest BCUT2D eigenvalue weighted by Crippen LogP contribution is 2.35. The Bertz CT molecular complexity index is 704. The van der Waals surface area contributed by atoms with Gasteiger partial charge >= 0.3 is 0 Å². The summed E-state index contributed by atoms with van der Waals surface area (Å²) in [5, 5.41) is 0. The molecule has 1 aromatic carbocycles. The molecular formula is C16H22N2O4S. The molecule has 0 bridgehead atoms. The van der Waals surface area contributed by atoms with Crippen LogP contribution in [0.25, 0.3) is 0 Å². The molecule has 0 spiro atoms. The summed E-state index contributed by atoms with van der Waals surface area (Å²) in [5.74, 6) is 0.313. The van der Waals surface area contributed by atoms with Gasteiger partial charge < -0.3 is 9.64 Å². The van der Waals surface area contributed by atoms with Gasteiger partial charge in [-0.15, -0.1) is 0 Å². The molecule has 1 saturated heterocycles. The third-order valence-corrected chi connectivity index (χ3v) is 5.64. The molecule has 1 amide bonds. The summed E-state index contributed by atoms with van der Waals surface area (Å²) in [4.78, 5) is 14.6. The van der Waals surface area contributed by atoms with Gasteiger partial charge in [-0.3, -0.25) is 9.10 Å². The number of fused-ring (bicyclic) bond motifs is 1. The van der Waals surface area contributed by atoms with E-state index in [9.17, 15) is 13.2 Å². The molecule has 2 aliphatic rings. The molecule has 23 heavy (non-hydrogen) atoms. The van der Waals surface area contributed by atoms with Crippen molar-refractivity contribution in [3.05, 3.63) is 24.3 Å². The average Bonchev–Trinajstić information content (AvgIpc) is 2.52.